The molecule has 1 aliphatic rings. The first-order valence-corrected chi connectivity index (χ1v) is 12.4. The van der Waals surface area contributed by atoms with Crippen molar-refractivity contribution >= 4 is 29.7 Å². The summed E-state index contributed by atoms with van der Waals surface area (Å²) in [4.78, 5) is 56.2. The van der Waals surface area contributed by atoms with E-state index in [1.807, 2.05) is 20.8 Å². The molecule has 0 radical (unpaired) electrons. The van der Waals surface area contributed by atoms with Gasteiger partial charge in [-0.25, -0.2) is 4.79 Å². The molecule has 1 rings (SSSR count). The van der Waals surface area contributed by atoms with E-state index in [-0.39, 0.29) is 30.8 Å². The Morgan fingerprint density at radius 2 is 1.71 bits per heavy atom. The van der Waals surface area contributed by atoms with Gasteiger partial charge in [0.05, 0.1) is 6.04 Å². The van der Waals surface area contributed by atoms with Crippen LogP contribution in [0, 0.1) is 11.8 Å². The van der Waals surface area contributed by atoms with Crippen molar-refractivity contribution in [2.75, 3.05) is 13.1 Å². The molecule has 1 heterocycles. The lowest BCUT2D eigenvalue weighted by molar-refractivity contribution is -0.146. The van der Waals surface area contributed by atoms with Crippen molar-refractivity contribution in [2.24, 2.45) is 34.0 Å². The zero-order chi connectivity index (χ0) is 26.7. The highest BCUT2D eigenvalue weighted by molar-refractivity contribution is 5.94. The minimum Gasteiger partial charge on any atom is -0.480 e. The highest BCUT2D eigenvalue weighted by Crippen LogP contribution is 2.21. The molecule has 0 aliphatic carbocycles. The monoisotopic (exact) mass is 497 g/mol. The average Bonchev–Trinajstić information content (AvgIpc) is 3.31. The molecular formula is C23H43N7O5. The molecule has 1 saturated heterocycles. The third-order valence-electron chi connectivity index (χ3n) is 6.73. The van der Waals surface area contributed by atoms with Gasteiger partial charge in [0.2, 0.25) is 17.7 Å². The Labute approximate surface area is 207 Å². The molecule has 35 heavy (non-hydrogen) atoms. The van der Waals surface area contributed by atoms with E-state index < -0.39 is 47.9 Å². The molecule has 9 N–H and O–H groups in total. The van der Waals surface area contributed by atoms with Gasteiger partial charge in [0.15, 0.2) is 5.96 Å². The second-order valence-corrected chi connectivity index (χ2v) is 9.32. The molecule has 1 fully saturated rings. The van der Waals surface area contributed by atoms with Crippen molar-refractivity contribution < 1.29 is 24.3 Å². The maximum atomic E-state index is 13.5. The number of carboxylic acid groups (broad SMARTS) is 1. The zero-order valence-electron chi connectivity index (χ0n) is 21.3. The Balaban J connectivity index is 3.03. The van der Waals surface area contributed by atoms with Crippen molar-refractivity contribution in [1.82, 2.24) is 15.5 Å². The Bertz CT molecular complexity index is 771. The van der Waals surface area contributed by atoms with E-state index in [9.17, 15) is 24.3 Å². The summed E-state index contributed by atoms with van der Waals surface area (Å²) in [5.74, 6) is -2.90. The number of nitrogens with two attached hydrogens (primary N) is 3. The van der Waals surface area contributed by atoms with E-state index in [0.717, 1.165) is 0 Å². The van der Waals surface area contributed by atoms with E-state index in [0.29, 0.717) is 38.6 Å². The molecule has 12 nitrogen and oxygen atoms in total. The Morgan fingerprint density at radius 3 is 2.26 bits per heavy atom. The smallest absolute Gasteiger partial charge is 0.326 e. The largest absolute Gasteiger partial charge is 0.480 e. The van der Waals surface area contributed by atoms with E-state index in [2.05, 4.69) is 15.6 Å². The van der Waals surface area contributed by atoms with Gasteiger partial charge in [0.1, 0.15) is 18.1 Å². The first kappa shape index (κ1) is 30.1. The van der Waals surface area contributed by atoms with Crippen LogP contribution >= 0.6 is 0 Å². The first-order chi connectivity index (χ1) is 16.4. The fourth-order valence-corrected chi connectivity index (χ4v) is 3.98. The minimum absolute atomic E-state index is 0.0683. The fraction of sp³-hybridized carbons (Fsp3) is 0.783. The lowest BCUT2D eigenvalue weighted by Crippen LogP contribution is -2.57. The van der Waals surface area contributed by atoms with Crippen LogP contribution in [0.15, 0.2) is 4.99 Å². The van der Waals surface area contributed by atoms with E-state index in [1.54, 1.807) is 6.92 Å². The van der Waals surface area contributed by atoms with E-state index >= 15 is 0 Å². The molecule has 200 valence electrons. The number of carbonyl (C=O) groups is 4. The van der Waals surface area contributed by atoms with Crippen molar-refractivity contribution in [1.29, 1.82) is 0 Å². The maximum absolute atomic E-state index is 13.5. The molecule has 12 heteroatoms. The molecule has 3 amide bonds. The Kier molecular flexibility index (Phi) is 12.5. The third kappa shape index (κ3) is 9.00. The molecule has 6 unspecified atom stereocenters. The van der Waals surface area contributed by atoms with Crippen LogP contribution in [-0.4, -0.2) is 76.9 Å². The fourth-order valence-electron chi connectivity index (χ4n) is 3.98. The minimum atomic E-state index is -1.12. The number of hydrogen-bond donors (Lipinski definition) is 6. The predicted molar refractivity (Wildman–Crippen MR) is 133 cm³/mol. The van der Waals surface area contributed by atoms with Crippen LogP contribution in [-0.2, 0) is 19.2 Å². The number of aliphatic imine (C=N–C) groups is 1. The number of hydrogen-bond acceptors (Lipinski definition) is 6. The number of amides is 3. The van der Waals surface area contributed by atoms with Gasteiger partial charge < -0.3 is 37.8 Å². The van der Waals surface area contributed by atoms with Crippen LogP contribution in [0.25, 0.3) is 0 Å². The lowest BCUT2D eigenvalue weighted by Gasteiger charge is -2.31. The molecule has 0 saturated carbocycles. The molecule has 0 bridgehead atoms. The number of nitrogens with one attached hydrogen (secondary N) is 2. The van der Waals surface area contributed by atoms with Crippen molar-refractivity contribution in [3.05, 3.63) is 0 Å². The van der Waals surface area contributed by atoms with Crippen LogP contribution in [0.4, 0.5) is 0 Å². The summed E-state index contributed by atoms with van der Waals surface area (Å²) in [6.45, 7) is 7.98. The van der Waals surface area contributed by atoms with E-state index in [1.165, 1.54) is 4.90 Å². The van der Waals surface area contributed by atoms with Crippen LogP contribution in [0.1, 0.15) is 66.2 Å². The summed E-state index contributed by atoms with van der Waals surface area (Å²) in [6.07, 6.45) is 2.95. The number of rotatable bonds is 14. The molecule has 1 aliphatic heterocycles. The van der Waals surface area contributed by atoms with Crippen LogP contribution in [0.3, 0.4) is 0 Å². The zero-order valence-corrected chi connectivity index (χ0v) is 21.3. The molecule has 0 spiro atoms. The summed E-state index contributed by atoms with van der Waals surface area (Å²) >= 11 is 0. The predicted octanol–water partition coefficient (Wildman–Crippen LogP) is -0.495. The number of aliphatic carboxylic acids is 1. The average molecular weight is 498 g/mol. The standard InChI is InChI=1S/C23H43N7O5/c1-5-13(3)17(24)20(32)28-15(9-7-11-27-23(25)26)21(33)30-12-8-10-16(30)19(31)29-18(22(34)35)14(4)6-2/h13-18H,5-12,24H2,1-4H3,(H,28,32)(H,29,31)(H,34,35)(H4,25,26,27). The molecule has 6 atom stereocenters. The molecule has 0 aromatic heterocycles. The number of likely N-dealkylation sites (tertiary alicyclic amines) is 1. The first-order valence-electron chi connectivity index (χ1n) is 12.4. The maximum Gasteiger partial charge on any atom is 0.326 e. The van der Waals surface area contributed by atoms with Gasteiger partial charge in [0.25, 0.3) is 0 Å². The van der Waals surface area contributed by atoms with Gasteiger partial charge in [0, 0.05) is 13.1 Å². The van der Waals surface area contributed by atoms with Crippen LogP contribution < -0.4 is 27.8 Å². The van der Waals surface area contributed by atoms with E-state index in [4.69, 9.17) is 17.2 Å². The van der Waals surface area contributed by atoms with Gasteiger partial charge in [-0.2, -0.15) is 0 Å². The summed E-state index contributed by atoms with van der Waals surface area (Å²) in [6, 6.07) is -3.55. The van der Waals surface area contributed by atoms with Gasteiger partial charge in [-0.05, 0) is 37.5 Å². The van der Waals surface area contributed by atoms with Crippen molar-refractivity contribution in [3.63, 3.8) is 0 Å². The molecule has 0 aromatic carbocycles. The third-order valence-corrected chi connectivity index (χ3v) is 6.73. The molecule has 0 aromatic rings. The van der Waals surface area contributed by atoms with Gasteiger partial charge >= 0.3 is 5.97 Å². The van der Waals surface area contributed by atoms with Crippen molar-refractivity contribution in [2.45, 2.75) is 90.4 Å². The van der Waals surface area contributed by atoms with Crippen molar-refractivity contribution in [3.8, 4) is 0 Å². The lowest BCUT2D eigenvalue weighted by atomic mass is 9.98. The number of guanidine groups is 1. The molecular weight excluding hydrogens is 454 g/mol. The Morgan fingerprint density at radius 1 is 1.09 bits per heavy atom. The number of nitrogens with zero attached hydrogens (tertiary/aromatic N) is 2. The second kappa shape index (κ2) is 14.5. The topological polar surface area (TPSA) is 206 Å². The summed E-state index contributed by atoms with van der Waals surface area (Å²) in [5.41, 5.74) is 16.8. The van der Waals surface area contributed by atoms with Crippen LogP contribution in [0.5, 0.6) is 0 Å². The highest BCUT2D eigenvalue weighted by atomic mass is 16.4. The second-order valence-electron chi connectivity index (χ2n) is 9.32. The highest BCUT2D eigenvalue weighted by Gasteiger charge is 2.39. The van der Waals surface area contributed by atoms with Gasteiger partial charge in [-0.15, -0.1) is 0 Å². The van der Waals surface area contributed by atoms with Gasteiger partial charge in [-0.1, -0.05) is 40.5 Å². The number of carboxylic acids is 1. The van der Waals surface area contributed by atoms with Gasteiger partial charge in [-0.3, -0.25) is 19.4 Å². The summed E-state index contributed by atoms with van der Waals surface area (Å²) in [7, 11) is 0. The number of carbonyl (C=O) groups excluding carboxylic acids is 3. The Hall–Kier alpha value is -2.89. The quantitative estimate of drug-likeness (QED) is 0.104. The van der Waals surface area contributed by atoms with Crippen LogP contribution in [0.2, 0.25) is 0 Å². The normalized spacial score (nSPS) is 19.7. The summed E-state index contributed by atoms with van der Waals surface area (Å²) in [5, 5.41) is 14.9. The summed E-state index contributed by atoms with van der Waals surface area (Å²) < 4.78 is 0. The SMILES string of the molecule is CCC(C)C(N)C(=O)NC(CCCN=C(N)N)C(=O)N1CCCC1C(=O)NC(C(=O)O)C(C)CC.